The van der Waals surface area contributed by atoms with Gasteiger partial charge in [-0.2, -0.15) is 5.10 Å². The van der Waals surface area contributed by atoms with Crippen LogP contribution in [0.15, 0.2) is 18.5 Å². The summed E-state index contributed by atoms with van der Waals surface area (Å²) in [5.41, 5.74) is 1.78. The maximum atomic E-state index is 12.5. The van der Waals surface area contributed by atoms with Gasteiger partial charge in [-0.1, -0.05) is 5.21 Å². The molecule has 1 aliphatic rings. The largest absolute Gasteiger partial charge is 0.325 e. The van der Waals surface area contributed by atoms with E-state index >= 15 is 0 Å². The fraction of sp³-hybridized carbons (Fsp3) is 0.562. The summed E-state index contributed by atoms with van der Waals surface area (Å²) in [6.07, 6.45) is 5.38. The molecule has 9 nitrogen and oxygen atoms in total. The van der Waals surface area contributed by atoms with Crippen LogP contribution in [0.1, 0.15) is 37.7 Å². The molecule has 0 radical (unpaired) electrons. The number of urea groups is 1. The van der Waals surface area contributed by atoms with Gasteiger partial charge >= 0.3 is 6.03 Å². The predicted molar refractivity (Wildman–Crippen MR) is 89.7 cm³/mol. The number of hydrogen-bond donors (Lipinski definition) is 1. The molecule has 0 aliphatic carbocycles. The second-order valence-electron chi connectivity index (χ2n) is 6.53. The molecule has 1 aliphatic heterocycles. The molecule has 1 N–H and O–H groups in total. The van der Waals surface area contributed by atoms with Crippen molar-refractivity contribution in [3.8, 4) is 0 Å². The summed E-state index contributed by atoms with van der Waals surface area (Å²) in [7, 11) is 1.88. The highest BCUT2D eigenvalue weighted by Gasteiger charge is 2.37. The van der Waals surface area contributed by atoms with Gasteiger partial charge in [-0.05, 0) is 32.8 Å². The molecular weight excluding hydrogens is 322 g/mol. The second kappa shape index (κ2) is 7.04. The van der Waals surface area contributed by atoms with E-state index in [1.54, 1.807) is 15.6 Å². The Kier molecular flexibility index (Phi) is 4.82. The number of carbonyl (C=O) groups is 2. The lowest BCUT2D eigenvalue weighted by Gasteiger charge is -2.12. The maximum Gasteiger partial charge on any atom is 0.324 e. The summed E-state index contributed by atoms with van der Waals surface area (Å²) in [5, 5.41) is 15.0. The van der Waals surface area contributed by atoms with Crippen molar-refractivity contribution in [1.29, 1.82) is 0 Å². The number of hydrogen-bond acceptors (Lipinski definition) is 5. The van der Waals surface area contributed by atoms with Gasteiger partial charge in [-0.25, -0.2) is 9.48 Å². The first-order valence-electron chi connectivity index (χ1n) is 8.45. The number of rotatable bonds is 7. The number of nitrogens with one attached hydrogen (secondary N) is 1. The minimum absolute atomic E-state index is 0.200. The van der Waals surface area contributed by atoms with Crippen LogP contribution in [-0.2, 0) is 24.7 Å². The monoisotopic (exact) mass is 345 g/mol. The van der Waals surface area contributed by atoms with Crippen LogP contribution >= 0.6 is 0 Å². The van der Waals surface area contributed by atoms with Gasteiger partial charge < -0.3 is 5.32 Å². The van der Waals surface area contributed by atoms with Crippen molar-refractivity contribution in [1.82, 2.24) is 35.0 Å². The van der Waals surface area contributed by atoms with Crippen LogP contribution in [0.3, 0.4) is 0 Å². The van der Waals surface area contributed by atoms with Crippen LogP contribution in [0.4, 0.5) is 4.79 Å². The molecule has 0 bridgehead atoms. The summed E-state index contributed by atoms with van der Waals surface area (Å²) < 4.78 is 3.54. The van der Waals surface area contributed by atoms with Crippen LogP contribution in [-0.4, -0.2) is 54.2 Å². The van der Waals surface area contributed by atoms with Crippen LogP contribution < -0.4 is 5.32 Å². The van der Waals surface area contributed by atoms with Gasteiger partial charge in [0.05, 0.1) is 5.69 Å². The van der Waals surface area contributed by atoms with E-state index in [4.69, 9.17) is 0 Å². The molecule has 0 aromatic carbocycles. The lowest BCUT2D eigenvalue weighted by atomic mass is 10.1. The lowest BCUT2D eigenvalue weighted by Crippen LogP contribution is -2.33. The first-order valence-corrected chi connectivity index (χ1v) is 8.45. The maximum absolute atomic E-state index is 12.5. The zero-order chi connectivity index (χ0) is 18.0. The Morgan fingerprint density at radius 2 is 2.12 bits per heavy atom. The van der Waals surface area contributed by atoms with Crippen molar-refractivity contribution in [3.05, 3.63) is 29.8 Å². The Bertz CT molecular complexity index is 764. The van der Waals surface area contributed by atoms with E-state index in [-0.39, 0.29) is 18.0 Å². The zero-order valence-corrected chi connectivity index (χ0v) is 14.7. The van der Waals surface area contributed by atoms with Crippen LogP contribution in [0.25, 0.3) is 0 Å². The SMILES string of the molecule is CC(C)n1cc(CC2NC(=O)N(CCCc3ccnn3C)C2=O)nn1. The van der Waals surface area contributed by atoms with Crippen molar-refractivity contribution in [2.24, 2.45) is 7.05 Å². The molecule has 3 rings (SSSR count). The molecule has 25 heavy (non-hydrogen) atoms. The molecule has 0 saturated carbocycles. The van der Waals surface area contributed by atoms with Gasteiger partial charge in [0.25, 0.3) is 5.91 Å². The number of imide groups is 1. The minimum Gasteiger partial charge on any atom is -0.325 e. The van der Waals surface area contributed by atoms with Crippen molar-refractivity contribution in [3.63, 3.8) is 0 Å². The molecule has 2 aromatic heterocycles. The standard InChI is InChI=1S/C16H23N7O2/c1-11(2)23-10-12(19-20-23)9-14-15(24)22(16(25)18-14)8-4-5-13-6-7-17-21(13)3/h6-7,10-11,14H,4-5,8-9H2,1-3H3,(H,18,25). The molecule has 0 spiro atoms. The third kappa shape index (κ3) is 3.70. The van der Waals surface area contributed by atoms with E-state index in [0.29, 0.717) is 25.1 Å². The van der Waals surface area contributed by atoms with Gasteiger partial charge in [-0.3, -0.25) is 14.4 Å². The molecule has 3 amide bonds. The number of aromatic nitrogens is 5. The van der Waals surface area contributed by atoms with Crippen LogP contribution in [0.5, 0.6) is 0 Å². The predicted octanol–water partition coefficient (Wildman–Crippen LogP) is 0.688. The third-order valence-corrected chi connectivity index (χ3v) is 4.34. The summed E-state index contributed by atoms with van der Waals surface area (Å²) in [6.45, 7) is 4.40. The van der Waals surface area contributed by atoms with Gasteiger partial charge in [0.15, 0.2) is 0 Å². The Labute approximate surface area is 146 Å². The quantitative estimate of drug-likeness (QED) is 0.745. The molecule has 3 heterocycles. The van der Waals surface area contributed by atoms with Crippen LogP contribution in [0.2, 0.25) is 0 Å². The Morgan fingerprint density at radius 3 is 2.76 bits per heavy atom. The van der Waals surface area contributed by atoms with E-state index in [1.165, 1.54) is 4.90 Å². The second-order valence-corrected chi connectivity index (χ2v) is 6.53. The van der Waals surface area contributed by atoms with Crippen molar-refractivity contribution >= 4 is 11.9 Å². The number of amides is 3. The van der Waals surface area contributed by atoms with Crippen molar-refractivity contribution in [2.75, 3.05) is 6.54 Å². The molecule has 1 atom stereocenters. The van der Waals surface area contributed by atoms with Crippen LogP contribution in [0, 0.1) is 0 Å². The number of aryl methyl sites for hydroxylation is 2. The Hall–Kier alpha value is -2.71. The van der Waals surface area contributed by atoms with Gasteiger partial charge in [0, 0.05) is 44.1 Å². The highest BCUT2D eigenvalue weighted by atomic mass is 16.2. The molecule has 1 fully saturated rings. The van der Waals surface area contributed by atoms with Gasteiger partial charge in [-0.15, -0.1) is 5.10 Å². The Morgan fingerprint density at radius 1 is 1.32 bits per heavy atom. The number of carbonyl (C=O) groups excluding carboxylic acids is 2. The van der Waals surface area contributed by atoms with Crippen molar-refractivity contribution in [2.45, 2.75) is 45.2 Å². The molecule has 1 unspecified atom stereocenters. The molecular formula is C16H23N7O2. The normalized spacial score (nSPS) is 17.6. The molecule has 2 aromatic rings. The van der Waals surface area contributed by atoms with E-state index in [0.717, 1.165) is 12.1 Å². The number of nitrogens with zero attached hydrogens (tertiary/aromatic N) is 6. The highest BCUT2D eigenvalue weighted by Crippen LogP contribution is 2.13. The Balaban J connectivity index is 1.55. The fourth-order valence-electron chi connectivity index (χ4n) is 2.86. The fourth-order valence-corrected chi connectivity index (χ4v) is 2.86. The van der Waals surface area contributed by atoms with E-state index in [9.17, 15) is 9.59 Å². The van der Waals surface area contributed by atoms with E-state index in [1.807, 2.05) is 33.2 Å². The van der Waals surface area contributed by atoms with Crippen molar-refractivity contribution < 1.29 is 9.59 Å². The smallest absolute Gasteiger partial charge is 0.324 e. The molecule has 1 saturated heterocycles. The lowest BCUT2D eigenvalue weighted by molar-refractivity contribution is -0.127. The molecule has 9 heteroatoms. The first kappa shape index (κ1) is 17.1. The molecule has 134 valence electrons. The highest BCUT2D eigenvalue weighted by molar-refractivity contribution is 6.04. The topological polar surface area (TPSA) is 97.9 Å². The zero-order valence-electron chi connectivity index (χ0n) is 14.7. The minimum atomic E-state index is -0.568. The van der Waals surface area contributed by atoms with Gasteiger partial charge in [0.1, 0.15) is 6.04 Å². The third-order valence-electron chi connectivity index (χ3n) is 4.34. The average molecular weight is 345 g/mol. The van der Waals surface area contributed by atoms with E-state index in [2.05, 4.69) is 20.7 Å². The summed E-state index contributed by atoms with van der Waals surface area (Å²) in [5.74, 6) is -0.200. The summed E-state index contributed by atoms with van der Waals surface area (Å²) >= 11 is 0. The van der Waals surface area contributed by atoms with E-state index < -0.39 is 6.04 Å². The summed E-state index contributed by atoms with van der Waals surface area (Å²) in [6, 6.07) is 1.24. The summed E-state index contributed by atoms with van der Waals surface area (Å²) in [4.78, 5) is 25.9. The van der Waals surface area contributed by atoms with Gasteiger partial charge in [0.2, 0.25) is 0 Å². The first-order chi connectivity index (χ1) is 12.0. The average Bonchev–Trinajstić information content (AvgIpc) is 3.25.